The molecule has 0 N–H and O–H groups in total. The van der Waals surface area contributed by atoms with E-state index in [1.807, 2.05) is 26.0 Å². The van der Waals surface area contributed by atoms with Crippen LogP contribution in [0.2, 0.25) is 5.02 Å². The van der Waals surface area contributed by atoms with Gasteiger partial charge in [-0.15, -0.1) is 0 Å². The quantitative estimate of drug-likeness (QED) is 0.560. The summed E-state index contributed by atoms with van der Waals surface area (Å²) >= 11 is 5.84. The van der Waals surface area contributed by atoms with E-state index >= 15 is 0 Å². The highest BCUT2D eigenvalue weighted by molar-refractivity contribution is 6.30. The third-order valence-electron chi connectivity index (χ3n) is 1.86. The minimum atomic E-state index is 0.592. The zero-order valence-corrected chi connectivity index (χ0v) is 7.57. The average Bonchev–Trinajstić information content (AvgIpc) is 1.85. The Balaban J connectivity index is 3.25. The van der Waals surface area contributed by atoms with Crippen molar-refractivity contribution in [2.24, 2.45) is 0 Å². The van der Waals surface area contributed by atoms with Gasteiger partial charge in [0.2, 0.25) is 0 Å². The molecule has 2 heteroatoms. The van der Waals surface area contributed by atoms with Gasteiger partial charge in [0.15, 0.2) is 0 Å². The van der Waals surface area contributed by atoms with Crippen LogP contribution in [0.3, 0.4) is 0 Å². The number of rotatable bonds is 1. The van der Waals surface area contributed by atoms with Crippen LogP contribution in [0.25, 0.3) is 0 Å². The fraction of sp³-hybridized carbons (Fsp3) is 0.333. The Bertz CT molecular complexity index is 245. The number of hydrogen-bond acceptors (Lipinski definition) is 0. The average molecular weight is 164 g/mol. The van der Waals surface area contributed by atoms with Gasteiger partial charge >= 0.3 is 0 Å². The highest BCUT2D eigenvalue weighted by Crippen LogP contribution is 2.19. The van der Waals surface area contributed by atoms with Crippen molar-refractivity contribution in [2.75, 3.05) is 0 Å². The van der Waals surface area contributed by atoms with Gasteiger partial charge < -0.3 is 0 Å². The maximum absolute atomic E-state index is 5.84. The summed E-state index contributed by atoms with van der Waals surface area (Å²) in [6.07, 6.45) is 0.592. The van der Waals surface area contributed by atoms with Crippen molar-refractivity contribution in [1.29, 1.82) is 0 Å². The van der Waals surface area contributed by atoms with Crippen molar-refractivity contribution in [1.82, 2.24) is 0 Å². The van der Waals surface area contributed by atoms with Crippen LogP contribution in [0, 0.1) is 13.8 Å². The van der Waals surface area contributed by atoms with Crippen LogP contribution >= 0.6 is 11.6 Å². The van der Waals surface area contributed by atoms with E-state index in [4.69, 9.17) is 19.4 Å². The van der Waals surface area contributed by atoms with E-state index in [0.29, 0.717) is 6.32 Å². The molecule has 0 aromatic heterocycles. The molecule has 0 aliphatic heterocycles. The molecular weight excluding hydrogens is 154 g/mol. The lowest BCUT2D eigenvalue weighted by atomic mass is 9.90. The minimum absolute atomic E-state index is 0.592. The van der Waals surface area contributed by atoms with Gasteiger partial charge in [0.05, 0.1) is 7.85 Å². The summed E-state index contributed by atoms with van der Waals surface area (Å²) in [5, 5.41) is 0.789. The van der Waals surface area contributed by atoms with Gasteiger partial charge in [-0.2, -0.15) is 0 Å². The summed E-state index contributed by atoms with van der Waals surface area (Å²) in [6.45, 7) is 4.06. The Labute approximate surface area is 74.0 Å². The van der Waals surface area contributed by atoms with Crippen molar-refractivity contribution < 1.29 is 0 Å². The Morgan fingerprint density at radius 2 is 1.73 bits per heavy atom. The van der Waals surface area contributed by atoms with Crippen molar-refractivity contribution in [3.63, 3.8) is 0 Å². The number of benzene rings is 1. The molecule has 0 atom stereocenters. The zero-order valence-electron chi connectivity index (χ0n) is 6.82. The van der Waals surface area contributed by atoms with Crippen LogP contribution in [0.1, 0.15) is 16.7 Å². The first-order valence-electron chi connectivity index (χ1n) is 3.61. The largest absolute Gasteiger partial charge is 0.0843 e. The molecule has 0 nitrogen and oxygen atoms in total. The molecule has 0 aliphatic rings. The van der Waals surface area contributed by atoms with Crippen LogP contribution in [-0.2, 0) is 6.32 Å². The smallest absolute Gasteiger partial charge is 0.0716 e. The van der Waals surface area contributed by atoms with E-state index < -0.39 is 0 Å². The zero-order chi connectivity index (χ0) is 8.43. The molecule has 11 heavy (non-hydrogen) atoms. The van der Waals surface area contributed by atoms with E-state index in [0.717, 1.165) is 5.02 Å². The summed E-state index contributed by atoms with van der Waals surface area (Å²) < 4.78 is 0. The lowest BCUT2D eigenvalue weighted by Gasteiger charge is -2.07. The van der Waals surface area contributed by atoms with Gasteiger partial charge in [0.25, 0.3) is 0 Å². The molecule has 1 aromatic carbocycles. The fourth-order valence-corrected chi connectivity index (χ4v) is 1.59. The SMILES string of the molecule is [B]Cc1c(C)cc(Cl)cc1C. The van der Waals surface area contributed by atoms with Crippen LogP contribution in [0.5, 0.6) is 0 Å². The van der Waals surface area contributed by atoms with Gasteiger partial charge in [-0.3, -0.25) is 0 Å². The van der Waals surface area contributed by atoms with Gasteiger partial charge in [0, 0.05) is 5.02 Å². The van der Waals surface area contributed by atoms with Gasteiger partial charge in [-0.25, -0.2) is 0 Å². The van der Waals surface area contributed by atoms with Gasteiger partial charge in [-0.1, -0.05) is 23.5 Å². The van der Waals surface area contributed by atoms with E-state index in [1.54, 1.807) is 0 Å². The van der Waals surface area contributed by atoms with Crippen LogP contribution in [0.15, 0.2) is 12.1 Å². The Morgan fingerprint density at radius 3 is 2.09 bits per heavy atom. The summed E-state index contributed by atoms with van der Waals surface area (Å²) in [5.74, 6) is 0. The lowest BCUT2D eigenvalue weighted by molar-refractivity contribution is 1.23. The molecule has 0 saturated heterocycles. The molecule has 56 valence electrons. The van der Waals surface area contributed by atoms with Crippen molar-refractivity contribution in [2.45, 2.75) is 20.2 Å². The molecule has 0 bridgehead atoms. The number of aryl methyl sites for hydroxylation is 2. The van der Waals surface area contributed by atoms with E-state index in [2.05, 4.69) is 0 Å². The Hall–Kier alpha value is -0.425. The highest BCUT2D eigenvalue weighted by Gasteiger charge is 2.00. The second-order valence-electron chi connectivity index (χ2n) is 2.72. The normalized spacial score (nSPS) is 10.1. The Kier molecular flexibility index (Phi) is 2.61. The summed E-state index contributed by atoms with van der Waals surface area (Å²) in [4.78, 5) is 0. The second-order valence-corrected chi connectivity index (χ2v) is 3.16. The Morgan fingerprint density at radius 1 is 1.27 bits per heavy atom. The van der Waals surface area contributed by atoms with Crippen LogP contribution in [0.4, 0.5) is 0 Å². The first-order chi connectivity index (χ1) is 5.15. The number of hydrogen-bond donors (Lipinski definition) is 0. The van der Waals surface area contributed by atoms with Crippen molar-refractivity contribution >= 4 is 19.4 Å². The van der Waals surface area contributed by atoms with Crippen molar-refractivity contribution in [3.05, 3.63) is 33.8 Å². The van der Waals surface area contributed by atoms with Crippen molar-refractivity contribution in [3.8, 4) is 0 Å². The molecule has 0 amide bonds. The molecule has 2 radical (unpaired) electrons. The van der Waals surface area contributed by atoms with Gasteiger partial charge in [0.1, 0.15) is 0 Å². The van der Waals surface area contributed by atoms with Crippen LogP contribution in [-0.4, -0.2) is 7.85 Å². The topological polar surface area (TPSA) is 0 Å². The third-order valence-corrected chi connectivity index (χ3v) is 2.08. The molecule has 1 rings (SSSR count). The maximum Gasteiger partial charge on any atom is 0.0716 e. The summed E-state index contributed by atoms with van der Waals surface area (Å²) in [5.41, 5.74) is 3.56. The minimum Gasteiger partial charge on any atom is -0.0843 e. The molecule has 0 fully saturated rings. The van der Waals surface area contributed by atoms with E-state index in [1.165, 1.54) is 16.7 Å². The first kappa shape index (κ1) is 8.67. The van der Waals surface area contributed by atoms with Gasteiger partial charge in [-0.05, 0) is 37.1 Å². The monoisotopic (exact) mass is 164 g/mol. The summed E-state index contributed by atoms with van der Waals surface area (Å²) in [7, 11) is 5.56. The molecule has 0 unspecified atom stereocenters. The molecular formula is C9H10BCl. The lowest BCUT2D eigenvalue weighted by Crippen LogP contribution is -1.93. The highest BCUT2D eigenvalue weighted by atomic mass is 35.5. The number of halogens is 1. The standard InChI is InChI=1S/C9H10BCl/c1-6-3-8(11)4-7(2)9(6)5-10/h3-4H,5H2,1-2H3. The van der Waals surface area contributed by atoms with E-state index in [9.17, 15) is 0 Å². The van der Waals surface area contributed by atoms with Crippen LogP contribution < -0.4 is 0 Å². The molecule has 0 spiro atoms. The molecule has 1 aromatic rings. The maximum atomic E-state index is 5.84. The first-order valence-corrected chi connectivity index (χ1v) is 3.98. The fourth-order valence-electron chi connectivity index (χ4n) is 1.26. The second kappa shape index (κ2) is 3.31. The third kappa shape index (κ3) is 1.78. The molecule has 0 saturated carbocycles. The predicted octanol–water partition coefficient (Wildman–Crippen LogP) is 2.63. The molecule has 0 heterocycles. The predicted molar refractivity (Wildman–Crippen MR) is 50.4 cm³/mol. The summed E-state index contributed by atoms with van der Waals surface area (Å²) in [6, 6.07) is 3.88. The van der Waals surface area contributed by atoms with E-state index in [-0.39, 0.29) is 0 Å². The molecule has 0 aliphatic carbocycles.